The van der Waals surface area contributed by atoms with Gasteiger partial charge in [0, 0.05) is 18.3 Å². The number of amides is 1. The highest BCUT2D eigenvalue weighted by molar-refractivity contribution is 5.73. The number of ether oxygens (including phenoxy) is 1. The fourth-order valence-corrected chi connectivity index (χ4v) is 11.3. The molecule has 6 fully saturated rings. The van der Waals surface area contributed by atoms with Gasteiger partial charge in [0.25, 0.3) is 0 Å². The second-order valence-corrected chi connectivity index (χ2v) is 15.1. The van der Waals surface area contributed by atoms with Crippen molar-refractivity contribution in [3.8, 4) is 0 Å². The minimum absolute atomic E-state index is 0.0107. The molecule has 1 heterocycles. The molecule has 3 radical (unpaired) electrons. The molecule has 1 amide bonds. The van der Waals surface area contributed by atoms with Gasteiger partial charge >= 0.3 is 6.18 Å². The summed E-state index contributed by atoms with van der Waals surface area (Å²) in [6, 6.07) is 0. The molecular weight excluding hydrogens is 507 g/mol. The zero-order chi connectivity index (χ0) is 28.6. The van der Waals surface area contributed by atoms with Gasteiger partial charge in [0.2, 0.25) is 5.91 Å². The monoisotopic (exact) mass is 552 g/mol. The number of alkyl halides is 3. The number of hydrogen-bond donors (Lipinski definition) is 2. The number of rotatable bonds is 3. The summed E-state index contributed by atoms with van der Waals surface area (Å²) < 4.78 is 45.8. The first kappa shape index (κ1) is 28.3. The Balaban J connectivity index is 1.29. The van der Waals surface area contributed by atoms with Crippen molar-refractivity contribution in [3.63, 3.8) is 0 Å². The quantitative estimate of drug-likeness (QED) is 0.461. The van der Waals surface area contributed by atoms with Gasteiger partial charge in [-0.2, -0.15) is 13.2 Å². The average Bonchev–Trinajstić information content (AvgIpc) is 3.45. The van der Waals surface area contributed by atoms with E-state index in [1.54, 1.807) is 0 Å². The van der Waals surface area contributed by atoms with Crippen LogP contribution in [-0.4, -0.2) is 52.5 Å². The molecule has 0 aromatic heterocycles. The third-order valence-corrected chi connectivity index (χ3v) is 13.3. The first-order chi connectivity index (χ1) is 17.9. The number of fused-ring (bicyclic) bond motifs is 4. The SMILES string of the molecule is CC(=O)N(C[C]1C[C@@H](C)[C@H]2[C](O1)[C@H](O)[C@@]1(C)[C]3CC[C@H]4C(C)(C)C(O)CC[C@@]45C[C@@]35CC[C@]21C)CC(F)(F)F. The molecule has 6 rings (SSSR count). The van der Waals surface area contributed by atoms with Gasteiger partial charge in [-0.1, -0.05) is 34.6 Å². The van der Waals surface area contributed by atoms with Gasteiger partial charge in [-0.25, -0.2) is 0 Å². The molecule has 6 aliphatic rings. The standard InChI is InChI=1S/C31H45F3NO4/c1-17-13-19(14-35(18(2)36)16-31(32,33)34)39-24-23(17)27(5)11-12-30-15-29(30)10-9-22(37)26(3,4)20(29)7-8-21(30)28(27,6)25(24)38/h17,20,22-23,25,37-38H,7-16H2,1-6H3/t17-,20+,22?,23+,25+,27-,28-,29-,30+/m1/s1. The molecule has 2 spiro atoms. The molecule has 5 saturated carbocycles. The number of carbonyl (C=O) groups excluding carboxylic acids is 1. The van der Waals surface area contributed by atoms with Crippen molar-refractivity contribution in [3.05, 3.63) is 18.1 Å². The van der Waals surface area contributed by atoms with Gasteiger partial charge in [-0.15, -0.1) is 0 Å². The summed E-state index contributed by atoms with van der Waals surface area (Å²) in [6.07, 6.45) is 2.99. The summed E-state index contributed by atoms with van der Waals surface area (Å²) in [6.45, 7) is 10.8. The van der Waals surface area contributed by atoms with Crippen molar-refractivity contribution >= 4 is 5.91 Å². The maximum atomic E-state index is 13.2. The second-order valence-electron chi connectivity index (χ2n) is 15.1. The van der Waals surface area contributed by atoms with Crippen LogP contribution in [0.15, 0.2) is 0 Å². The van der Waals surface area contributed by atoms with E-state index in [0.29, 0.717) is 24.5 Å². The number of aliphatic hydroxyl groups is 2. The summed E-state index contributed by atoms with van der Waals surface area (Å²) in [4.78, 5) is 12.8. The maximum absolute atomic E-state index is 13.2. The molecule has 1 unspecified atom stereocenters. The smallest absolute Gasteiger partial charge is 0.393 e. The van der Waals surface area contributed by atoms with E-state index in [1.807, 2.05) is 0 Å². The Labute approximate surface area is 231 Å². The van der Waals surface area contributed by atoms with Crippen LogP contribution in [0.1, 0.15) is 92.9 Å². The van der Waals surface area contributed by atoms with E-state index >= 15 is 0 Å². The van der Waals surface area contributed by atoms with Crippen LogP contribution in [0.4, 0.5) is 13.2 Å². The topological polar surface area (TPSA) is 70.0 Å². The maximum Gasteiger partial charge on any atom is 0.406 e. The Morgan fingerprint density at radius 1 is 1.10 bits per heavy atom. The average molecular weight is 553 g/mol. The van der Waals surface area contributed by atoms with E-state index in [0.717, 1.165) is 56.8 Å². The Morgan fingerprint density at radius 3 is 2.44 bits per heavy atom. The molecule has 219 valence electrons. The first-order valence-electron chi connectivity index (χ1n) is 14.9. The molecule has 0 bridgehead atoms. The highest BCUT2D eigenvalue weighted by Crippen LogP contribution is 2.90. The minimum atomic E-state index is -4.49. The van der Waals surface area contributed by atoms with Crippen LogP contribution in [0, 0.1) is 63.0 Å². The fourth-order valence-electron chi connectivity index (χ4n) is 11.3. The van der Waals surface area contributed by atoms with Crippen LogP contribution in [0.25, 0.3) is 0 Å². The van der Waals surface area contributed by atoms with Crippen LogP contribution in [0.3, 0.4) is 0 Å². The van der Waals surface area contributed by atoms with Crippen LogP contribution < -0.4 is 0 Å². The molecule has 8 heteroatoms. The van der Waals surface area contributed by atoms with Crippen LogP contribution in [0.2, 0.25) is 0 Å². The molecular formula is C31H45F3NO4. The summed E-state index contributed by atoms with van der Waals surface area (Å²) in [5.41, 5.74) is -0.498. The summed E-state index contributed by atoms with van der Waals surface area (Å²) in [5.74, 6) is 1.42. The molecule has 39 heavy (non-hydrogen) atoms. The van der Waals surface area contributed by atoms with Gasteiger partial charge in [0.15, 0.2) is 0 Å². The normalized spacial score (nSPS) is 49.4. The van der Waals surface area contributed by atoms with E-state index in [-0.39, 0.29) is 46.1 Å². The molecule has 5 nitrogen and oxygen atoms in total. The number of nitrogens with zero attached hydrogens (tertiary/aromatic N) is 1. The molecule has 5 aliphatic carbocycles. The van der Waals surface area contributed by atoms with Crippen LogP contribution in [-0.2, 0) is 9.53 Å². The number of hydrogen-bond acceptors (Lipinski definition) is 4. The van der Waals surface area contributed by atoms with Crippen molar-refractivity contribution in [2.75, 3.05) is 13.1 Å². The number of carbonyl (C=O) groups is 1. The molecule has 1 aliphatic heterocycles. The third kappa shape index (κ3) is 3.52. The Hall–Kier alpha value is -0.860. The third-order valence-electron chi connectivity index (χ3n) is 13.3. The fraction of sp³-hybridized carbons (Fsp3) is 0.871. The van der Waals surface area contributed by atoms with E-state index in [1.165, 1.54) is 5.92 Å². The summed E-state index contributed by atoms with van der Waals surface area (Å²) >= 11 is 0. The van der Waals surface area contributed by atoms with Crippen molar-refractivity contribution < 1.29 is 32.9 Å². The highest BCUT2D eigenvalue weighted by atomic mass is 19.4. The van der Waals surface area contributed by atoms with Crippen molar-refractivity contribution in [2.45, 2.75) is 111 Å². The zero-order valence-corrected chi connectivity index (χ0v) is 24.2. The number of aliphatic hydroxyl groups excluding tert-OH is 2. The predicted octanol–water partition coefficient (Wildman–Crippen LogP) is 5.86. The second kappa shape index (κ2) is 8.37. The van der Waals surface area contributed by atoms with Crippen molar-refractivity contribution in [1.29, 1.82) is 0 Å². The lowest BCUT2D eigenvalue weighted by atomic mass is 9.41. The first-order valence-corrected chi connectivity index (χ1v) is 14.9. The lowest BCUT2D eigenvalue weighted by Crippen LogP contribution is -2.58. The zero-order valence-electron chi connectivity index (χ0n) is 24.2. The molecule has 0 aromatic rings. The van der Waals surface area contributed by atoms with E-state index in [4.69, 9.17) is 4.74 Å². The van der Waals surface area contributed by atoms with Gasteiger partial charge in [-0.3, -0.25) is 4.79 Å². The van der Waals surface area contributed by atoms with Crippen LogP contribution >= 0.6 is 0 Å². The van der Waals surface area contributed by atoms with Crippen molar-refractivity contribution in [2.24, 2.45) is 44.8 Å². The van der Waals surface area contributed by atoms with E-state index < -0.39 is 30.1 Å². The van der Waals surface area contributed by atoms with Gasteiger partial charge < -0.3 is 19.8 Å². The molecule has 1 saturated heterocycles. The Morgan fingerprint density at radius 2 is 1.79 bits per heavy atom. The molecule has 0 aromatic carbocycles. The largest absolute Gasteiger partial charge is 0.406 e. The number of halogens is 3. The molecule has 9 atom stereocenters. The van der Waals surface area contributed by atoms with E-state index in [9.17, 15) is 28.2 Å². The Bertz CT molecular complexity index is 1030. The highest BCUT2D eigenvalue weighted by Gasteiger charge is 2.85. The van der Waals surface area contributed by atoms with Gasteiger partial charge in [0.05, 0.1) is 18.8 Å². The molecule has 2 N–H and O–H groups in total. The lowest BCUT2D eigenvalue weighted by molar-refractivity contribution is -0.162. The minimum Gasteiger partial charge on any atom is -0.393 e. The predicted molar refractivity (Wildman–Crippen MR) is 139 cm³/mol. The van der Waals surface area contributed by atoms with Crippen LogP contribution in [0.5, 0.6) is 0 Å². The lowest BCUT2D eigenvalue weighted by Gasteiger charge is -2.63. The Kier molecular flexibility index (Phi) is 6.07. The van der Waals surface area contributed by atoms with Crippen molar-refractivity contribution in [1.82, 2.24) is 4.90 Å². The summed E-state index contributed by atoms with van der Waals surface area (Å²) in [7, 11) is 0. The van der Waals surface area contributed by atoms with E-state index in [2.05, 4.69) is 34.6 Å². The van der Waals surface area contributed by atoms with Gasteiger partial charge in [-0.05, 0) is 90.8 Å². The summed E-state index contributed by atoms with van der Waals surface area (Å²) in [5, 5.41) is 23.0. The van der Waals surface area contributed by atoms with Gasteiger partial charge in [0.1, 0.15) is 18.8 Å².